The molecule has 10 N–H and O–H groups in total. The van der Waals surface area contributed by atoms with E-state index in [0.29, 0.717) is 0 Å². The summed E-state index contributed by atoms with van der Waals surface area (Å²) in [5.74, 6) is 0. The van der Waals surface area contributed by atoms with Gasteiger partial charge < -0.3 is 28.7 Å². The molecule has 5 heteroatoms. The maximum Gasteiger partial charge on any atom is -0.00799 e. The second kappa shape index (κ2) is 68.9. The Morgan fingerprint density at radius 3 is 0.500 bits per heavy atom. The van der Waals surface area contributed by atoms with Crippen molar-refractivity contribution < 1.29 is 0 Å². The van der Waals surface area contributed by atoms with E-state index in [-0.39, 0.29) is 0 Å². The van der Waals surface area contributed by atoms with Gasteiger partial charge in [0.15, 0.2) is 0 Å². The minimum Gasteiger partial charge on any atom is -0.333 e. The zero-order valence-electron chi connectivity index (χ0n) is 13.5. The van der Waals surface area contributed by atoms with E-state index in [1.807, 2.05) is 0 Å². The van der Waals surface area contributed by atoms with Gasteiger partial charge in [-0.15, -0.1) is 0 Å². The fourth-order valence-electron chi connectivity index (χ4n) is 0. The van der Waals surface area contributed by atoms with E-state index in [0.717, 1.165) is 51.9 Å². The van der Waals surface area contributed by atoms with Gasteiger partial charge >= 0.3 is 0 Å². The number of hydrogen-bond donors (Lipinski definition) is 5. The smallest absolute Gasteiger partial charge is 0.00799 e. The van der Waals surface area contributed by atoms with E-state index >= 15 is 0 Å². The van der Waals surface area contributed by atoms with Gasteiger partial charge in [0.25, 0.3) is 0 Å². The molecule has 0 aromatic rings. The molecule has 5 nitrogen and oxygen atoms in total. The summed E-state index contributed by atoms with van der Waals surface area (Å²) in [5.41, 5.74) is 24.6. The van der Waals surface area contributed by atoms with Crippen LogP contribution in [0.1, 0.15) is 53.4 Å². The summed E-state index contributed by atoms with van der Waals surface area (Å²) in [6.45, 7) is 11.5. The molecule has 0 rings (SSSR count). The van der Waals surface area contributed by atoms with Gasteiger partial charge in [0, 0.05) is 0 Å². The molecule has 118 valence electrons. The van der Waals surface area contributed by atoms with Crippen LogP contribution in [0, 0.1) is 0 Å². The Hall–Kier alpha value is -0.200. The summed E-state index contributed by atoms with van der Waals surface area (Å²) in [4.78, 5) is 0. The van der Waals surface area contributed by atoms with Crippen LogP contribution >= 0.6 is 0 Å². The molecular weight excluding hydrogens is 226 g/mol. The third-order valence-electron chi connectivity index (χ3n) is 1.15. The summed E-state index contributed by atoms with van der Waals surface area (Å²) >= 11 is 0. The highest BCUT2D eigenvalue weighted by atomic mass is 14.5. The molecule has 0 unspecified atom stereocenters. The predicted octanol–water partition coefficient (Wildman–Crippen LogP) is 0.995. The van der Waals surface area contributed by atoms with Crippen molar-refractivity contribution in [2.24, 2.45) is 28.7 Å². The lowest BCUT2D eigenvalue weighted by molar-refractivity contribution is 0.932. The lowest BCUT2D eigenvalue weighted by Gasteiger charge is -1.70. The third-order valence-corrected chi connectivity index (χ3v) is 1.15. The molecule has 0 aliphatic heterocycles. The Kier molecular flexibility index (Phi) is 117. The molecule has 0 saturated carbocycles. The molecule has 0 amide bonds. The van der Waals surface area contributed by atoms with Crippen LogP contribution in [0.3, 0.4) is 0 Å². The van der Waals surface area contributed by atoms with E-state index < -0.39 is 0 Å². The second-order valence-corrected chi connectivity index (χ2v) is 3.15. The van der Waals surface area contributed by atoms with Crippen molar-refractivity contribution in [2.75, 3.05) is 33.2 Å². The first-order valence-corrected chi connectivity index (χ1v) is 7.04. The Balaban J connectivity index is -0.0000000399. The van der Waals surface area contributed by atoms with Gasteiger partial charge in [-0.05, 0) is 58.9 Å². The topological polar surface area (TPSA) is 130 Å². The minimum absolute atomic E-state index is 0.819. The molecular formula is C13H41N5. The SMILES string of the molecule is CCCN.CCCN.CCCN.CCCN.CN. The first kappa shape index (κ1) is 30.7. The normalized spacial score (nSPS) is 7.00. The molecule has 0 bridgehead atoms. The fourth-order valence-corrected chi connectivity index (χ4v) is 0. The van der Waals surface area contributed by atoms with E-state index in [1.54, 1.807) is 0 Å². The monoisotopic (exact) mass is 267 g/mol. The van der Waals surface area contributed by atoms with Crippen LogP contribution in [0.5, 0.6) is 0 Å². The molecule has 0 aromatic heterocycles. The molecule has 0 fully saturated rings. The lowest BCUT2D eigenvalue weighted by Crippen LogP contribution is -1.93. The standard InChI is InChI=1S/4C3H9N.CH5N/c4*1-2-3-4;1-2/h4*2-4H2,1H3;2H2,1H3. The summed E-state index contributed by atoms with van der Waals surface area (Å²) in [6.07, 6.45) is 4.39. The van der Waals surface area contributed by atoms with Crippen molar-refractivity contribution in [2.45, 2.75) is 53.4 Å². The van der Waals surface area contributed by atoms with Crippen LogP contribution < -0.4 is 28.7 Å². The Bertz CT molecular complexity index is 39.3. The van der Waals surface area contributed by atoms with Gasteiger partial charge in [-0.2, -0.15) is 0 Å². The molecule has 0 aromatic carbocycles. The molecule has 18 heavy (non-hydrogen) atoms. The Morgan fingerprint density at radius 2 is 0.500 bits per heavy atom. The molecule has 0 atom stereocenters. The Labute approximate surface area is 116 Å². The van der Waals surface area contributed by atoms with Crippen LogP contribution in [0.25, 0.3) is 0 Å². The highest BCUT2D eigenvalue weighted by Crippen LogP contribution is 1.58. The summed E-state index contributed by atoms with van der Waals surface area (Å²) < 4.78 is 0. The lowest BCUT2D eigenvalue weighted by atomic mass is 10.5. The molecule has 0 aliphatic rings. The van der Waals surface area contributed by atoms with E-state index in [1.165, 1.54) is 7.05 Å². The average molecular weight is 268 g/mol. The maximum absolute atomic E-state index is 5.03. The number of rotatable bonds is 4. The Morgan fingerprint density at radius 1 is 0.444 bits per heavy atom. The van der Waals surface area contributed by atoms with Gasteiger partial charge in [-0.3, -0.25) is 0 Å². The molecule has 0 spiro atoms. The first-order chi connectivity index (χ1) is 8.66. The zero-order chi connectivity index (χ0) is 15.7. The summed E-state index contributed by atoms with van der Waals surface area (Å²) in [5, 5.41) is 0. The molecule has 0 radical (unpaired) electrons. The summed E-state index contributed by atoms with van der Waals surface area (Å²) in [7, 11) is 1.50. The predicted molar refractivity (Wildman–Crippen MR) is 87.5 cm³/mol. The van der Waals surface area contributed by atoms with E-state index in [4.69, 9.17) is 22.9 Å². The van der Waals surface area contributed by atoms with Crippen LogP contribution in [-0.2, 0) is 0 Å². The van der Waals surface area contributed by atoms with Gasteiger partial charge in [0.1, 0.15) is 0 Å². The van der Waals surface area contributed by atoms with Gasteiger partial charge in [0.05, 0.1) is 0 Å². The molecule has 0 aliphatic carbocycles. The second-order valence-electron chi connectivity index (χ2n) is 3.15. The molecule has 0 saturated heterocycles. The van der Waals surface area contributed by atoms with Crippen molar-refractivity contribution in [3.05, 3.63) is 0 Å². The fraction of sp³-hybridized carbons (Fsp3) is 1.00. The quantitative estimate of drug-likeness (QED) is 0.518. The highest BCUT2D eigenvalue weighted by molar-refractivity contribution is 4.20. The highest BCUT2D eigenvalue weighted by Gasteiger charge is 1.56. The average Bonchev–Trinajstić information content (AvgIpc) is 2.49. The number of nitrogens with two attached hydrogens (primary N) is 5. The van der Waals surface area contributed by atoms with Gasteiger partial charge in [-0.1, -0.05) is 27.7 Å². The van der Waals surface area contributed by atoms with Crippen molar-refractivity contribution in [1.82, 2.24) is 0 Å². The van der Waals surface area contributed by atoms with Crippen molar-refractivity contribution in [3.63, 3.8) is 0 Å². The van der Waals surface area contributed by atoms with E-state index in [9.17, 15) is 0 Å². The van der Waals surface area contributed by atoms with Gasteiger partial charge in [-0.25, -0.2) is 0 Å². The minimum atomic E-state index is 0.819. The largest absolute Gasteiger partial charge is 0.333 e. The summed E-state index contributed by atoms with van der Waals surface area (Å²) in [6, 6.07) is 0. The van der Waals surface area contributed by atoms with Crippen molar-refractivity contribution >= 4 is 0 Å². The van der Waals surface area contributed by atoms with Crippen LogP contribution in [0.2, 0.25) is 0 Å². The van der Waals surface area contributed by atoms with Crippen LogP contribution in [0.15, 0.2) is 0 Å². The van der Waals surface area contributed by atoms with E-state index in [2.05, 4.69) is 33.4 Å². The first-order valence-electron chi connectivity index (χ1n) is 7.04. The van der Waals surface area contributed by atoms with Crippen LogP contribution in [0.4, 0.5) is 0 Å². The zero-order valence-corrected chi connectivity index (χ0v) is 13.5. The maximum atomic E-state index is 5.03. The molecule has 0 heterocycles. The third kappa shape index (κ3) is 240. The number of hydrogen-bond acceptors (Lipinski definition) is 5. The van der Waals surface area contributed by atoms with Gasteiger partial charge in [0.2, 0.25) is 0 Å². The van der Waals surface area contributed by atoms with Crippen molar-refractivity contribution in [1.29, 1.82) is 0 Å². The van der Waals surface area contributed by atoms with Crippen molar-refractivity contribution in [3.8, 4) is 0 Å². The van der Waals surface area contributed by atoms with Crippen LogP contribution in [-0.4, -0.2) is 33.2 Å².